The predicted octanol–water partition coefficient (Wildman–Crippen LogP) is 0.276. The molecule has 0 heterocycles. The zero-order valence-corrected chi connectivity index (χ0v) is 6.40. The van der Waals surface area contributed by atoms with Crippen molar-refractivity contribution in [3.8, 4) is 0 Å². The highest BCUT2D eigenvalue weighted by Crippen LogP contribution is 2.13. The van der Waals surface area contributed by atoms with Crippen molar-refractivity contribution in [3.63, 3.8) is 0 Å². The zero-order chi connectivity index (χ0) is 5.21. The van der Waals surface area contributed by atoms with Crippen molar-refractivity contribution < 1.29 is 0 Å². The highest BCUT2D eigenvalue weighted by atomic mass is 35.8. The predicted molar refractivity (Wildman–Crippen MR) is 35.0 cm³/mol. The van der Waals surface area contributed by atoms with Crippen LogP contribution in [-0.4, -0.2) is 14.1 Å². The molecule has 0 aromatic heterocycles. The molecule has 0 saturated heterocycles. The average molecular weight is 162 g/mol. The van der Waals surface area contributed by atoms with Gasteiger partial charge in [-0.2, -0.15) is 0 Å². The van der Waals surface area contributed by atoms with Crippen LogP contribution in [0.2, 0.25) is 0 Å². The lowest BCUT2D eigenvalue weighted by molar-refractivity contribution is 1.64. The van der Waals surface area contributed by atoms with E-state index < -0.39 is 6.16 Å². The third-order valence-electron chi connectivity index (χ3n) is 0.283. The van der Waals surface area contributed by atoms with E-state index in [2.05, 4.69) is 4.89 Å². The van der Waals surface area contributed by atoms with Gasteiger partial charge in [0.15, 0.2) is 7.98 Å². The van der Waals surface area contributed by atoms with Crippen LogP contribution in [0.4, 0.5) is 0 Å². The van der Waals surface area contributed by atoms with Gasteiger partial charge in [0, 0.05) is 0 Å². The highest BCUT2D eigenvalue weighted by molar-refractivity contribution is 7.64. The third kappa shape index (κ3) is 5.11. The Morgan fingerprint density at radius 3 is 1.50 bits per heavy atom. The first kappa shape index (κ1) is 7.11. The van der Waals surface area contributed by atoms with Crippen LogP contribution in [0.25, 0.3) is 0 Å². The van der Waals surface area contributed by atoms with E-state index in [9.17, 15) is 0 Å². The van der Waals surface area contributed by atoms with Crippen LogP contribution in [0.5, 0.6) is 0 Å². The topological polar surface area (TPSA) is 12.0 Å². The van der Waals surface area contributed by atoms with Crippen molar-refractivity contribution in [1.82, 2.24) is 4.89 Å². The first-order valence-electron chi connectivity index (χ1n) is 1.32. The second-order valence-electron chi connectivity index (χ2n) is 0.748. The fourth-order valence-electron chi connectivity index (χ4n) is 0. The summed E-state index contributed by atoms with van der Waals surface area (Å²) in [7, 11) is 1.62. The van der Waals surface area contributed by atoms with Gasteiger partial charge < -0.3 is 4.89 Å². The van der Waals surface area contributed by atoms with Gasteiger partial charge in [0.05, 0.1) is 0 Å². The maximum Gasteiger partial charge on any atom is 0.410 e. The zero-order valence-electron chi connectivity index (χ0n) is 3.13. The largest absolute Gasteiger partial charge is 0.410 e. The van der Waals surface area contributed by atoms with Crippen molar-refractivity contribution in [3.05, 3.63) is 0 Å². The summed E-state index contributed by atoms with van der Waals surface area (Å²) in [4.78, 5) is 2.54. The van der Waals surface area contributed by atoms with Crippen LogP contribution < -0.4 is 4.89 Å². The van der Waals surface area contributed by atoms with Crippen LogP contribution >= 0.6 is 33.2 Å². The van der Waals surface area contributed by atoms with E-state index >= 15 is 0 Å². The summed E-state index contributed by atoms with van der Waals surface area (Å²) in [6.07, 6.45) is -2.46. The van der Waals surface area contributed by atoms with Gasteiger partial charge in [-0.05, 0) is 0 Å². The standard InChI is InChI=1S/BCl3H3NSi/c1-5-6(2,3)4/h5H,1H2. The van der Waals surface area contributed by atoms with Crippen molar-refractivity contribution in [1.29, 1.82) is 0 Å². The number of halogens is 3. The first-order valence-corrected chi connectivity index (χ1v) is 6.35. The molecule has 0 aliphatic carbocycles. The molecule has 0 aliphatic rings. The summed E-state index contributed by atoms with van der Waals surface area (Å²) in [5.41, 5.74) is 0. The van der Waals surface area contributed by atoms with Crippen molar-refractivity contribution in [2.75, 3.05) is 0 Å². The molecule has 0 atom stereocenters. The Hall–Kier alpha value is 1.11. The van der Waals surface area contributed by atoms with Gasteiger partial charge in [-0.15, -0.1) is 33.2 Å². The quantitative estimate of drug-likeness (QED) is 0.431. The van der Waals surface area contributed by atoms with E-state index in [1.54, 1.807) is 7.98 Å². The van der Waals surface area contributed by atoms with Gasteiger partial charge >= 0.3 is 6.16 Å². The molecule has 0 saturated carbocycles. The molecular weight excluding hydrogens is 159 g/mol. The minimum atomic E-state index is -2.46. The number of hydrogen-bond acceptors (Lipinski definition) is 1. The monoisotopic (exact) mass is 161 g/mol. The number of nitrogens with one attached hydrogen (secondary N) is 1. The lowest BCUT2D eigenvalue weighted by Gasteiger charge is -2.00. The van der Waals surface area contributed by atoms with Crippen LogP contribution in [0.15, 0.2) is 0 Å². The molecular formula is H3BCl3NSi. The lowest BCUT2D eigenvalue weighted by atomic mass is 10.5. The lowest BCUT2D eigenvalue weighted by Crippen LogP contribution is -2.31. The summed E-state index contributed by atoms with van der Waals surface area (Å²) in [6.45, 7) is 0. The molecule has 0 rings (SSSR count). The summed E-state index contributed by atoms with van der Waals surface area (Å²) in [5, 5.41) is 0. The molecule has 6 heavy (non-hydrogen) atoms. The van der Waals surface area contributed by atoms with Crippen LogP contribution in [-0.2, 0) is 0 Å². The Bertz CT molecular complexity index is 40.5. The second-order valence-corrected chi connectivity index (χ2v) is 9.09. The van der Waals surface area contributed by atoms with Gasteiger partial charge in [-0.25, -0.2) is 0 Å². The van der Waals surface area contributed by atoms with Crippen molar-refractivity contribution in [2.24, 2.45) is 0 Å². The van der Waals surface area contributed by atoms with E-state index in [4.69, 9.17) is 33.2 Å². The summed E-state index contributed by atoms with van der Waals surface area (Å²) < 4.78 is 0. The highest BCUT2D eigenvalue weighted by Gasteiger charge is 2.20. The Labute approximate surface area is 52.6 Å². The molecule has 0 unspecified atom stereocenters. The van der Waals surface area contributed by atoms with E-state index in [0.29, 0.717) is 0 Å². The molecule has 0 bridgehead atoms. The SMILES string of the molecule is BN[Si](Cl)(Cl)Cl. The van der Waals surface area contributed by atoms with E-state index in [1.165, 1.54) is 0 Å². The van der Waals surface area contributed by atoms with Gasteiger partial charge in [0.25, 0.3) is 0 Å². The maximum atomic E-state index is 5.28. The summed E-state index contributed by atoms with van der Waals surface area (Å²) in [6, 6.07) is 0. The fraction of sp³-hybridized carbons (Fsp3) is 0. The maximum absolute atomic E-state index is 5.28. The molecule has 0 aromatic carbocycles. The molecule has 0 amide bonds. The fourth-order valence-corrected chi connectivity index (χ4v) is 0. The van der Waals surface area contributed by atoms with Crippen molar-refractivity contribution >= 4 is 47.4 Å². The normalized spacial score (nSPS) is 11.8. The molecule has 36 valence electrons. The van der Waals surface area contributed by atoms with Crippen molar-refractivity contribution in [2.45, 2.75) is 0 Å². The van der Waals surface area contributed by atoms with E-state index in [0.717, 1.165) is 0 Å². The molecule has 0 spiro atoms. The second kappa shape index (κ2) is 2.43. The van der Waals surface area contributed by atoms with Gasteiger partial charge in [-0.3, -0.25) is 0 Å². The average Bonchev–Trinajstić information content (AvgIpc) is 1.35. The van der Waals surface area contributed by atoms with Crippen LogP contribution in [0, 0.1) is 0 Å². The molecule has 0 radical (unpaired) electrons. The van der Waals surface area contributed by atoms with Crippen LogP contribution in [0.1, 0.15) is 0 Å². The minimum Gasteiger partial charge on any atom is -0.348 e. The Kier molecular flexibility index (Phi) is 2.88. The van der Waals surface area contributed by atoms with Gasteiger partial charge in [0.1, 0.15) is 0 Å². The molecule has 0 fully saturated rings. The number of rotatable bonds is 1. The summed E-state index contributed by atoms with van der Waals surface area (Å²) >= 11 is 15.8. The van der Waals surface area contributed by atoms with E-state index in [-0.39, 0.29) is 0 Å². The Morgan fingerprint density at radius 2 is 1.50 bits per heavy atom. The van der Waals surface area contributed by atoms with E-state index in [1.807, 2.05) is 0 Å². The Morgan fingerprint density at radius 1 is 1.33 bits per heavy atom. The first-order chi connectivity index (χ1) is 2.56. The third-order valence-corrected chi connectivity index (χ3v) is 2.55. The van der Waals surface area contributed by atoms with Crippen LogP contribution in [0.3, 0.4) is 0 Å². The molecule has 1 nitrogen and oxygen atoms in total. The van der Waals surface area contributed by atoms with Gasteiger partial charge in [0.2, 0.25) is 0 Å². The molecule has 0 aromatic rings. The molecule has 0 aliphatic heterocycles. The minimum absolute atomic E-state index is 1.62. The molecule has 1 N–H and O–H groups in total. The molecule has 6 heteroatoms. The Balaban J connectivity index is 3.17. The summed E-state index contributed by atoms with van der Waals surface area (Å²) in [5.74, 6) is 0. The van der Waals surface area contributed by atoms with Gasteiger partial charge in [-0.1, -0.05) is 0 Å². The number of hydrogen-bond donors (Lipinski definition) is 1. The smallest absolute Gasteiger partial charge is 0.348 e.